The van der Waals surface area contributed by atoms with Crippen LogP contribution >= 0.6 is 0 Å². The average Bonchev–Trinajstić information content (AvgIpc) is 3.07. The normalized spacial score (nSPS) is 18.9. The highest BCUT2D eigenvalue weighted by molar-refractivity contribution is 5.40. The van der Waals surface area contributed by atoms with Gasteiger partial charge in [-0.25, -0.2) is 4.39 Å². The van der Waals surface area contributed by atoms with Crippen LogP contribution < -0.4 is 14.8 Å². The molecular formula is C17H19FN2O2. The van der Waals surface area contributed by atoms with Crippen LogP contribution in [0, 0.1) is 11.7 Å². The van der Waals surface area contributed by atoms with Crippen LogP contribution in [0.4, 0.5) is 4.39 Å². The Balaban J connectivity index is 1.91. The fourth-order valence-electron chi connectivity index (χ4n) is 2.81. The molecule has 0 aliphatic carbocycles. The van der Waals surface area contributed by atoms with Crippen molar-refractivity contribution < 1.29 is 13.9 Å². The molecule has 0 bridgehead atoms. The summed E-state index contributed by atoms with van der Waals surface area (Å²) in [6.45, 7) is 1.79. The fraction of sp³-hybridized carbons (Fsp3) is 0.353. The van der Waals surface area contributed by atoms with Gasteiger partial charge in [-0.2, -0.15) is 0 Å². The zero-order valence-electron chi connectivity index (χ0n) is 12.5. The van der Waals surface area contributed by atoms with Gasteiger partial charge in [0, 0.05) is 24.2 Å². The maximum Gasteiger partial charge on any atom is 0.162 e. The standard InChI is InChI=1S/C17H19FN2O2/c1-21-15-4-2-3-5-16(15)22-17(12-6-7-19-9-12)13-8-14(18)11-20-10-13/h2-5,8,10-12,17,19H,6-7,9H2,1H3/t12-,17?/m0/s1. The van der Waals surface area contributed by atoms with E-state index in [0.29, 0.717) is 11.5 Å². The fourth-order valence-corrected chi connectivity index (χ4v) is 2.81. The Bertz CT molecular complexity index is 630. The third-order valence-corrected chi connectivity index (χ3v) is 3.90. The van der Waals surface area contributed by atoms with Crippen LogP contribution in [0.1, 0.15) is 18.1 Å². The molecule has 1 saturated heterocycles. The van der Waals surface area contributed by atoms with Gasteiger partial charge in [-0.3, -0.25) is 4.98 Å². The first-order valence-electron chi connectivity index (χ1n) is 7.39. The number of aromatic nitrogens is 1. The van der Waals surface area contributed by atoms with Crippen molar-refractivity contribution in [2.45, 2.75) is 12.5 Å². The first kappa shape index (κ1) is 14.8. The zero-order chi connectivity index (χ0) is 15.4. The second kappa shape index (κ2) is 6.75. The van der Waals surface area contributed by atoms with Gasteiger partial charge in [0.25, 0.3) is 0 Å². The van der Waals surface area contributed by atoms with E-state index in [-0.39, 0.29) is 17.8 Å². The number of para-hydroxylation sites is 2. The van der Waals surface area contributed by atoms with Crippen molar-refractivity contribution >= 4 is 0 Å². The van der Waals surface area contributed by atoms with Gasteiger partial charge < -0.3 is 14.8 Å². The van der Waals surface area contributed by atoms with E-state index >= 15 is 0 Å². The van der Waals surface area contributed by atoms with Crippen molar-refractivity contribution in [1.29, 1.82) is 0 Å². The number of pyridine rings is 1. The molecule has 1 aliphatic rings. The van der Waals surface area contributed by atoms with E-state index in [1.165, 1.54) is 12.3 Å². The van der Waals surface area contributed by atoms with Crippen LogP contribution in [0.5, 0.6) is 11.5 Å². The molecule has 0 radical (unpaired) electrons. The Labute approximate surface area is 129 Å². The summed E-state index contributed by atoms with van der Waals surface area (Å²) in [7, 11) is 1.61. The molecule has 1 aromatic carbocycles. The molecular weight excluding hydrogens is 283 g/mol. The third kappa shape index (κ3) is 3.20. The quantitative estimate of drug-likeness (QED) is 0.922. The van der Waals surface area contributed by atoms with Gasteiger partial charge in [0.1, 0.15) is 11.9 Å². The molecule has 3 rings (SSSR count). The summed E-state index contributed by atoms with van der Waals surface area (Å²) in [6, 6.07) is 8.99. The molecule has 0 amide bonds. The van der Waals surface area contributed by atoms with Crippen molar-refractivity contribution in [3.05, 3.63) is 54.1 Å². The molecule has 1 N–H and O–H groups in total. The monoisotopic (exact) mass is 302 g/mol. The van der Waals surface area contributed by atoms with Gasteiger partial charge >= 0.3 is 0 Å². The molecule has 5 heteroatoms. The number of benzene rings is 1. The number of nitrogens with one attached hydrogen (secondary N) is 1. The Kier molecular flexibility index (Phi) is 4.53. The van der Waals surface area contributed by atoms with Gasteiger partial charge in [-0.05, 0) is 31.2 Å². The Morgan fingerprint density at radius 2 is 2.09 bits per heavy atom. The lowest BCUT2D eigenvalue weighted by Gasteiger charge is -2.25. The van der Waals surface area contributed by atoms with Crippen LogP contribution in [0.15, 0.2) is 42.7 Å². The minimum Gasteiger partial charge on any atom is -0.493 e. The summed E-state index contributed by atoms with van der Waals surface area (Å²) < 4.78 is 25.1. The summed E-state index contributed by atoms with van der Waals surface area (Å²) in [5.41, 5.74) is 0.750. The van der Waals surface area contributed by atoms with E-state index in [4.69, 9.17) is 9.47 Å². The molecule has 2 heterocycles. The lowest BCUT2D eigenvalue weighted by atomic mass is 9.96. The molecule has 0 saturated carbocycles. The molecule has 1 aromatic heterocycles. The number of hydrogen-bond donors (Lipinski definition) is 1. The molecule has 2 atom stereocenters. The van der Waals surface area contributed by atoms with Crippen molar-refractivity contribution in [3.8, 4) is 11.5 Å². The van der Waals surface area contributed by atoms with Gasteiger partial charge in [-0.15, -0.1) is 0 Å². The van der Waals surface area contributed by atoms with E-state index in [1.807, 2.05) is 24.3 Å². The molecule has 2 aromatic rings. The van der Waals surface area contributed by atoms with Gasteiger partial charge in [0.15, 0.2) is 11.5 Å². The van der Waals surface area contributed by atoms with E-state index in [9.17, 15) is 4.39 Å². The second-order valence-electron chi connectivity index (χ2n) is 5.38. The number of ether oxygens (including phenoxy) is 2. The minimum atomic E-state index is -0.350. The molecule has 1 fully saturated rings. The van der Waals surface area contributed by atoms with Gasteiger partial charge in [0.2, 0.25) is 0 Å². The van der Waals surface area contributed by atoms with Crippen LogP contribution in [-0.2, 0) is 0 Å². The van der Waals surface area contributed by atoms with Crippen molar-refractivity contribution in [2.75, 3.05) is 20.2 Å². The Morgan fingerprint density at radius 3 is 2.77 bits per heavy atom. The topological polar surface area (TPSA) is 43.4 Å². The Hall–Kier alpha value is -2.14. The molecule has 1 aliphatic heterocycles. The highest BCUT2D eigenvalue weighted by Gasteiger charge is 2.29. The summed E-state index contributed by atoms with van der Waals surface area (Å²) >= 11 is 0. The summed E-state index contributed by atoms with van der Waals surface area (Å²) in [5, 5.41) is 3.33. The molecule has 0 spiro atoms. The number of methoxy groups -OCH3 is 1. The first-order valence-corrected chi connectivity index (χ1v) is 7.39. The highest BCUT2D eigenvalue weighted by Crippen LogP contribution is 2.36. The maximum atomic E-state index is 13.5. The number of nitrogens with zero attached hydrogens (tertiary/aromatic N) is 1. The zero-order valence-corrected chi connectivity index (χ0v) is 12.5. The van der Waals surface area contributed by atoms with Crippen LogP contribution in [0.3, 0.4) is 0 Å². The van der Waals surface area contributed by atoms with Crippen LogP contribution in [-0.4, -0.2) is 25.2 Å². The third-order valence-electron chi connectivity index (χ3n) is 3.90. The van der Waals surface area contributed by atoms with Gasteiger partial charge in [0.05, 0.1) is 13.3 Å². The average molecular weight is 302 g/mol. The number of hydrogen-bond acceptors (Lipinski definition) is 4. The first-order chi connectivity index (χ1) is 10.8. The summed E-state index contributed by atoms with van der Waals surface area (Å²) in [5.74, 6) is 1.25. The van der Waals surface area contributed by atoms with E-state index < -0.39 is 0 Å². The van der Waals surface area contributed by atoms with Crippen molar-refractivity contribution in [1.82, 2.24) is 10.3 Å². The van der Waals surface area contributed by atoms with Gasteiger partial charge in [-0.1, -0.05) is 12.1 Å². The predicted octanol–water partition coefficient (Wildman–Crippen LogP) is 2.96. The van der Waals surface area contributed by atoms with Crippen molar-refractivity contribution in [3.63, 3.8) is 0 Å². The number of rotatable bonds is 5. The van der Waals surface area contributed by atoms with E-state index in [1.54, 1.807) is 13.3 Å². The lowest BCUT2D eigenvalue weighted by molar-refractivity contribution is 0.138. The molecule has 1 unspecified atom stereocenters. The number of halogens is 1. The molecule has 22 heavy (non-hydrogen) atoms. The van der Waals surface area contributed by atoms with E-state index in [0.717, 1.165) is 25.1 Å². The lowest BCUT2D eigenvalue weighted by Crippen LogP contribution is -2.22. The van der Waals surface area contributed by atoms with E-state index in [2.05, 4.69) is 10.3 Å². The largest absolute Gasteiger partial charge is 0.493 e. The summed E-state index contributed by atoms with van der Waals surface area (Å²) in [6.07, 6.45) is 3.60. The molecule has 116 valence electrons. The highest BCUT2D eigenvalue weighted by atomic mass is 19.1. The van der Waals surface area contributed by atoms with Crippen LogP contribution in [0.25, 0.3) is 0 Å². The second-order valence-corrected chi connectivity index (χ2v) is 5.38. The predicted molar refractivity (Wildman–Crippen MR) is 81.5 cm³/mol. The smallest absolute Gasteiger partial charge is 0.162 e. The minimum absolute atomic E-state index is 0.255. The Morgan fingerprint density at radius 1 is 1.27 bits per heavy atom. The summed E-state index contributed by atoms with van der Waals surface area (Å²) in [4.78, 5) is 3.95. The maximum absolute atomic E-state index is 13.5. The molecule has 4 nitrogen and oxygen atoms in total. The SMILES string of the molecule is COc1ccccc1OC(c1cncc(F)c1)[C@H]1CCNC1. The van der Waals surface area contributed by atoms with Crippen LogP contribution in [0.2, 0.25) is 0 Å². The van der Waals surface area contributed by atoms with Crippen molar-refractivity contribution in [2.24, 2.45) is 5.92 Å².